The van der Waals surface area contributed by atoms with Gasteiger partial charge in [0.1, 0.15) is 29.4 Å². The molecular weight excluding hydrogens is 468 g/mol. The highest BCUT2D eigenvalue weighted by Crippen LogP contribution is 2.32. The molecule has 0 saturated carbocycles. The number of halogens is 4. The second-order valence-corrected chi connectivity index (χ2v) is 8.04. The molecule has 1 aliphatic rings. The number of piperazine rings is 1. The summed E-state index contributed by atoms with van der Waals surface area (Å²) in [5.74, 6) is -0.0800. The maximum Gasteiger partial charge on any atom is 0.419 e. The molecule has 186 valence electrons. The van der Waals surface area contributed by atoms with Crippen LogP contribution in [0, 0.1) is 12.7 Å². The zero-order chi connectivity index (χ0) is 25.2. The van der Waals surface area contributed by atoms with Gasteiger partial charge in [-0.05, 0) is 36.8 Å². The van der Waals surface area contributed by atoms with Crippen LogP contribution in [0.1, 0.15) is 17.0 Å². The Balaban J connectivity index is 1.33. The van der Waals surface area contributed by atoms with E-state index in [0.29, 0.717) is 43.8 Å². The van der Waals surface area contributed by atoms with Gasteiger partial charge in [-0.2, -0.15) is 18.3 Å². The number of hydrogen-bond donors (Lipinski definition) is 1. The molecule has 0 spiro atoms. The molecule has 1 aromatic heterocycles. The van der Waals surface area contributed by atoms with Crippen LogP contribution >= 0.6 is 0 Å². The van der Waals surface area contributed by atoms with Gasteiger partial charge in [-0.15, -0.1) is 0 Å². The summed E-state index contributed by atoms with van der Waals surface area (Å²) in [6.07, 6.45) is -3.14. The Kier molecular flexibility index (Phi) is 6.81. The molecule has 1 N–H and O–H groups in total. The van der Waals surface area contributed by atoms with Crippen LogP contribution in [-0.2, 0) is 12.7 Å². The lowest BCUT2D eigenvalue weighted by atomic mass is 10.1. The van der Waals surface area contributed by atoms with E-state index < -0.39 is 17.6 Å². The first-order valence-electron chi connectivity index (χ1n) is 10.9. The van der Waals surface area contributed by atoms with E-state index in [1.807, 2.05) is 18.2 Å². The molecule has 4 rings (SSSR count). The fourth-order valence-electron chi connectivity index (χ4n) is 3.87. The first-order valence-corrected chi connectivity index (χ1v) is 10.9. The lowest BCUT2D eigenvalue weighted by Crippen LogP contribution is -2.51. The van der Waals surface area contributed by atoms with Crippen LogP contribution in [0.15, 0.2) is 42.7 Å². The number of amides is 2. The van der Waals surface area contributed by atoms with Gasteiger partial charge in [-0.1, -0.05) is 6.07 Å². The maximum atomic E-state index is 13.7. The second kappa shape index (κ2) is 9.80. The third-order valence-electron chi connectivity index (χ3n) is 5.73. The lowest BCUT2D eigenvalue weighted by Gasteiger charge is -2.36. The minimum Gasteiger partial charge on any atom is -0.494 e. The molecule has 1 saturated heterocycles. The highest BCUT2D eigenvalue weighted by atomic mass is 19.4. The number of ether oxygens (including phenoxy) is 1. The number of urea groups is 1. The van der Waals surface area contributed by atoms with Crippen molar-refractivity contribution in [3.8, 4) is 11.4 Å². The molecule has 35 heavy (non-hydrogen) atoms. The Hall–Kier alpha value is -3.83. The Morgan fingerprint density at radius 3 is 2.46 bits per heavy atom. The summed E-state index contributed by atoms with van der Waals surface area (Å²) >= 11 is 0. The van der Waals surface area contributed by atoms with Crippen molar-refractivity contribution < 1.29 is 27.1 Å². The predicted octanol–water partition coefficient (Wildman–Crippen LogP) is 3.77. The summed E-state index contributed by atoms with van der Waals surface area (Å²) in [7, 11) is 1.58. The van der Waals surface area contributed by atoms with Gasteiger partial charge in [-0.3, -0.25) is 0 Å². The number of methoxy groups -OCH3 is 1. The molecule has 0 atom stereocenters. The molecule has 2 heterocycles. The molecule has 0 aliphatic carbocycles. The summed E-state index contributed by atoms with van der Waals surface area (Å²) < 4.78 is 59.0. The minimum absolute atomic E-state index is 0.0749. The van der Waals surface area contributed by atoms with Gasteiger partial charge < -0.3 is 19.9 Å². The molecule has 0 radical (unpaired) electrons. The molecule has 2 aromatic carbocycles. The number of carbonyl (C=O) groups excluding carboxylic acids is 1. The summed E-state index contributed by atoms with van der Waals surface area (Å²) in [6.45, 7) is 3.77. The first-order chi connectivity index (χ1) is 16.7. The van der Waals surface area contributed by atoms with Gasteiger partial charge in [0.15, 0.2) is 0 Å². The van der Waals surface area contributed by atoms with Gasteiger partial charge in [0.05, 0.1) is 12.7 Å². The number of aromatic nitrogens is 3. The molecule has 2 amide bonds. The van der Waals surface area contributed by atoms with Crippen molar-refractivity contribution >= 4 is 11.7 Å². The number of benzene rings is 2. The monoisotopic (exact) mass is 492 g/mol. The van der Waals surface area contributed by atoms with Crippen molar-refractivity contribution in [1.82, 2.24) is 25.0 Å². The molecule has 0 bridgehead atoms. The van der Waals surface area contributed by atoms with E-state index in [0.717, 1.165) is 23.5 Å². The van der Waals surface area contributed by atoms with Crippen LogP contribution < -0.4 is 15.0 Å². The van der Waals surface area contributed by atoms with Crippen LogP contribution in [0.5, 0.6) is 5.75 Å². The van der Waals surface area contributed by atoms with Crippen LogP contribution in [0.25, 0.3) is 5.69 Å². The van der Waals surface area contributed by atoms with Crippen molar-refractivity contribution in [2.45, 2.75) is 19.6 Å². The number of aryl methyl sites for hydroxylation is 1. The van der Waals surface area contributed by atoms with E-state index in [1.54, 1.807) is 29.9 Å². The van der Waals surface area contributed by atoms with Gasteiger partial charge in [0.2, 0.25) is 0 Å². The molecule has 8 nitrogen and oxygen atoms in total. The summed E-state index contributed by atoms with van der Waals surface area (Å²) in [6, 6.07) is 8.01. The van der Waals surface area contributed by atoms with E-state index in [-0.39, 0.29) is 18.1 Å². The minimum atomic E-state index is -4.76. The predicted molar refractivity (Wildman–Crippen MR) is 120 cm³/mol. The number of nitrogens with zero attached hydrogens (tertiary/aromatic N) is 5. The lowest BCUT2D eigenvalue weighted by molar-refractivity contribution is -0.140. The van der Waals surface area contributed by atoms with E-state index >= 15 is 0 Å². The highest BCUT2D eigenvalue weighted by Gasteiger charge is 2.34. The molecule has 3 aromatic rings. The molecule has 12 heteroatoms. The SMILES string of the molecule is COc1cc(N2CCN(C(=O)NCc3ccc(C(F)(F)F)c(F)c3)CC2)ccc1-n1cnc(C)n1. The highest BCUT2D eigenvalue weighted by molar-refractivity contribution is 5.74. The fourth-order valence-corrected chi connectivity index (χ4v) is 3.87. The number of hydrogen-bond acceptors (Lipinski definition) is 5. The number of carbonyl (C=O) groups is 1. The summed E-state index contributed by atoms with van der Waals surface area (Å²) in [4.78, 5) is 20.4. The Morgan fingerprint density at radius 2 is 1.86 bits per heavy atom. The zero-order valence-corrected chi connectivity index (χ0v) is 19.1. The number of alkyl halides is 3. The van der Waals surface area contributed by atoms with Gasteiger partial charge >= 0.3 is 12.2 Å². The average Bonchev–Trinajstić information content (AvgIpc) is 3.27. The van der Waals surface area contributed by atoms with E-state index in [9.17, 15) is 22.4 Å². The number of nitrogens with one attached hydrogen (secondary N) is 1. The van der Waals surface area contributed by atoms with Gasteiger partial charge in [-0.25, -0.2) is 18.9 Å². The summed E-state index contributed by atoms with van der Waals surface area (Å²) in [5.41, 5.74) is 0.610. The molecule has 1 aliphatic heterocycles. The standard InChI is InChI=1S/C23H24F4N6O2/c1-15-29-14-33(30-15)20-6-4-17(12-21(20)35-2)31-7-9-32(10-8-31)22(34)28-13-16-3-5-18(19(24)11-16)23(25,26)27/h3-6,11-12,14H,7-10,13H2,1-2H3,(H,28,34). The largest absolute Gasteiger partial charge is 0.494 e. The van der Waals surface area contributed by atoms with Crippen LogP contribution in [-0.4, -0.2) is 59.0 Å². The maximum absolute atomic E-state index is 13.7. The Labute approximate surface area is 199 Å². The Bertz CT molecular complexity index is 1200. The molecular formula is C23H24F4N6O2. The summed E-state index contributed by atoms with van der Waals surface area (Å²) in [5, 5.41) is 6.95. The van der Waals surface area contributed by atoms with Gasteiger partial charge in [0.25, 0.3) is 0 Å². The van der Waals surface area contributed by atoms with Crippen LogP contribution in [0.4, 0.5) is 28.0 Å². The van der Waals surface area contributed by atoms with Crippen molar-refractivity contribution in [3.63, 3.8) is 0 Å². The van der Waals surface area contributed by atoms with Crippen molar-refractivity contribution in [2.24, 2.45) is 0 Å². The Morgan fingerprint density at radius 1 is 1.11 bits per heavy atom. The third-order valence-corrected chi connectivity index (χ3v) is 5.73. The number of rotatable bonds is 5. The van der Waals surface area contributed by atoms with E-state index in [4.69, 9.17) is 4.74 Å². The molecule has 1 fully saturated rings. The topological polar surface area (TPSA) is 75.5 Å². The smallest absolute Gasteiger partial charge is 0.419 e. The average molecular weight is 492 g/mol. The second-order valence-electron chi connectivity index (χ2n) is 8.04. The zero-order valence-electron chi connectivity index (χ0n) is 19.1. The quantitative estimate of drug-likeness (QED) is 0.549. The fraction of sp³-hybridized carbons (Fsp3) is 0.348. The van der Waals surface area contributed by atoms with Crippen molar-refractivity contribution in [2.75, 3.05) is 38.2 Å². The third kappa shape index (κ3) is 5.47. The van der Waals surface area contributed by atoms with Crippen molar-refractivity contribution in [1.29, 1.82) is 0 Å². The van der Waals surface area contributed by atoms with Crippen LogP contribution in [0.2, 0.25) is 0 Å². The number of anilines is 1. The van der Waals surface area contributed by atoms with E-state index in [1.165, 1.54) is 0 Å². The van der Waals surface area contributed by atoms with Crippen LogP contribution in [0.3, 0.4) is 0 Å². The normalized spacial score (nSPS) is 14.2. The van der Waals surface area contributed by atoms with Gasteiger partial charge in [0, 0.05) is 44.5 Å². The molecule has 0 unspecified atom stereocenters. The van der Waals surface area contributed by atoms with E-state index in [2.05, 4.69) is 20.3 Å². The first kappa shape index (κ1) is 24.3. The van der Waals surface area contributed by atoms with Crippen molar-refractivity contribution in [3.05, 3.63) is 65.5 Å².